The fourth-order valence-corrected chi connectivity index (χ4v) is 2.70. The SMILES string of the molecule is CC.CC.CC(C)c1cc(C2CC2)c(=O)n(C2CCOCC2)n1. The minimum atomic E-state index is 0.138. The minimum absolute atomic E-state index is 0.138. The summed E-state index contributed by atoms with van der Waals surface area (Å²) in [6, 6.07) is 2.26. The monoisotopic (exact) mass is 322 g/mol. The Morgan fingerprint density at radius 2 is 1.65 bits per heavy atom. The summed E-state index contributed by atoms with van der Waals surface area (Å²) in [5.41, 5.74) is 2.18. The van der Waals surface area contributed by atoms with Gasteiger partial charge in [-0.1, -0.05) is 41.5 Å². The molecule has 0 radical (unpaired) electrons. The van der Waals surface area contributed by atoms with Gasteiger partial charge in [-0.15, -0.1) is 0 Å². The van der Waals surface area contributed by atoms with E-state index in [-0.39, 0.29) is 11.6 Å². The molecule has 1 aromatic heterocycles. The molecule has 1 saturated carbocycles. The summed E-state index contributed by atoms with van der Waals surface area (Å²) in [6.07, 6.45) is 4.12. The highest BCUT2D eigenvalue weighted by atomic mass is 16.5. The van der Waals surface area contributed by atoms with Crippen molar-refractivity contribution in [2.75, 3.05) is 13.2 Å². The fraction of sp³-hybridized carbons (Fsp3) is 0.789. The molecule has 1 saturated heterocycles. The molecule has 4 nitrogen and oxygen atoms in total. The van der Waals surface area contributed by atoms with E-state index < -0.39 is 0 Å². The lowest BCUT2D eigenvalue weighted by Crippen LogP contribution is -2.33. The molecular weight excluding hydrogens is 288 g/mol. The van der Waals surface area contributed by atoms with E-state index in [1.165, 1.54) is 0 Å². The van der Waals surface area contributed by atoms with Gasteiger partial charge in [0.15, 0.2) is 0 Å². The van der Waals surface area contributed by atoms with Crippen LogP contribution in [0.2, 0.25) is 0 Å². The van der Waals surface area contributed by atoms with E-state index in [2.05, 4.69) is 18.9 Å². The number of hydrogen-bond acceptors (Lipinski definition) is 3. The maximum Gasteiger partial charge on any atom is 0.270 e. The van der Waals surface area contributed by atoms with Gasteiger partial charge >= 0.3 is 0 Å². The number of rotatable bonds is 3. The van der Waals surface area contributed by atoms with Crippen molar-refractivity contribution in [3.63, 3.8) is 0 Å². The van der Waals surface area contributed by atoms with E-state index in [0.29, 0.717) is 11.8 Å². The van der Waals surface area contributed by atoms with Crippen LogP contribution < -0.4 is 5.56 Å². The van der Waals surface area contributed by atoms with Gasteiger partial charge in [-0.3, -0.25) is 4.79 Å². The van der Waals surface area contributed by atoms with E-state index in [9.17, 15) is 4.79 Å². The van der Waals surface area contributed by atoms with Crippen LogP contribution in [0.4, 0.5) is 0 Å². The molecule has 2 heterocycles. The molecule has 1 aliphatic heterocycles. The van der Waals surface area contributed by atoms with Crippen LogP contribution in [0.5, 0.6) is 0 Å². The normalized spacial score (nSPS) is 17.9. The van der Waals surface area contributed by atoms with E-state index in [1.807, 2.05) is 33.8 Å². The number of nitrogens with zero attached hydrogens (tertiary/aromatic N) is 2. The molecule has 23 heavy (non-hydrogen) atoms. The lowest BCUT2D eigenvalue weighted by atomic mass is 10.0. The third kappa shape index (κ3) is 5.17. The van der Waals surface area contributed by atoms with Crippen molar-refractivity contribution in [3.05, 3.63) is 27.7 Å². The highest BCUT2D eigenvalue weighted by molar-refractivity contribution is 5.24. The van der Waals surface area contributed by atoms with E-state index in [0.717, 1.165) is 50.2 Å². The van der Waals surface area contributed by atoms with Crippen molar-refractivity contribution in [1.29, 1.82) is 0 Å². The molecule has 2 fully saturated rings. The second-order valence-electron chi connectivity index (χ2n) is 6.05. The van der Waals surface area contributed by atoms with Crippen LogP contribution in [0.1, 0.15) is 96.4 Å². The molecule has 0 atom stereocenters. The Kier molecular flexibility index (Phi) is 8.53. The Morgan fingerprint density at radius 3 is 2.13 bits per heavy atom. The van der Waals surface area contributed by atoms with Crippen molar-refractivity contribution in [1.82, 2.24) is 9.78 Å². The molecule has 4 heteroatoms. The maximum atomic E-state index is 12.6. The summed E-state index contributed by atoms with van der Waals surface area (Å²) in [4.78, 5) is 12.6. The van der Waals surface area contributed by atoms with Gasteiger partial charge in [-0.2, -0.15) is 5.10 Å². The average Bonchev–Trinajstić information content (AvgIpc) is 3.44. The van der Waals surface area contributed by atoms with Crippen molar-refractivity contribution in [2.24, 2.45) is 0 Å². The third-order valence-corrected chi connectivity index (χ3v) is 4.13. The molecule has 0 aromatic carbocycles. The predicted molar refractivity (Wildman–Crippen MR) is 96.3 cm³/mol. The van der Waals surface area contributed by atoms with Gasteiger partial charge in [-0.25, -0.2) is 4.68 Å². The second kappa shape index (κ2) is 9.86. The molecule has 0 N–H and O–H groups in total. The van der Waals surface area contributed by atoms with Gasteiger partial charge < -0.3 is 4.74 Å². The molecule has 0 bridgehead atoms. The fourth-order valence-electron chi connectivity index (χ4n) is 2.70. The Balaban J connectivity index is 0.000000615. The summed E-state index contributed by atoms with van der Waals surface area (Å²) < 4.78 is 7.14. The van der Waals surface area contributed by atoms with Gasteiger partial charge in [0.1, 0.15) is 0 Å². The summed E-state index contributed by atoms with van der Waals surface area (Å²) >= 11 is 0. The highest BCUT2D eigenvalue weighted by Crippen LogP contribution is 2.39. The lowest BCUT2D eigenvalue weighted by molar-refractivity contribution is 0.0644. The molecule has 2 aliphatic rings. The van der Waals surface area contributed by atoms with Crippen molar-refractivity contribution in [3.8, 4) is 0 Å². The molecule has 3 rings (SSSR count). The first-order valence-electron chi connectivity index (χ1n) is 9.38. The summed E-state index contributed by atoms with van der Waals surface area (Å²) in [6.45, 7) is 13.8. The van der Waals surface area contributed by atoms with Gasteiger partial charge in [0.2, 0.25) is 0 Å². The van der Waals surface area contributed by atoms with Crippen LogP contribution in [0.3, 0.4) is 0 Å². The van der Waals surface area contributed by atoms with Crippen LogP contribution in [0.25, 0.3) is 0 Å². The van der Waals surface area contributed by atoms with Gasteiger partial charge in [0.05, 0.1) is 11.7 Å². The second-order valence-corrected chi connectivity index (χ2v) is 6.05. The molecule has 1 aromatic rings. The summed E-state index contributed by atoms with van der Waals surface area (Å²) in [5, 5.41) is 4.61. The summed E-state index contributed by atoms with van der Waals surface area (Å²) in [7, 11) is 0. The molecule has 1 aliphatic carbocycles. The molecule has 0 spiro atoms. The van der Waals surface area contributed by atoms with Crippen molar-refractivity contribution in [2.45, 2.75) is 85.1 Å². The number of aromatic nitrogens is 2. The molecule has 0 unspecified atom stereocenters. The first-order valence-corrected chi connectivity index (χ1v) is 9.38. The predicted octanol–water partition coefficient (Wildman–Crippen LogP) is 4.65. The van der Waals surface area contributed by atoms with E-state index in [4.69, 9.17) is 4.74 Å². The van der Waals surface area contributed by atoms with Crippen molar-refractivity contribution >= 4 is 0 Å². The molecular formula is C19H34N2O2. The summed E-state index contributed by atoms with van der Waals surface area (Å²) in [5.74, 6) is 0.850. The van der Waals surface area contributed by atoms with E-state index in [1.54, 1.807) is 4.68 Å². The van der Waals surface area contributed by atoms with Gasteiger partial charge in [0.25, 0.3) is 5.56 Å². The zero-order chi connectivity index (χ0) is 17.4. The Bertz CT molecular complexity index is 513. The Hall–Kier alpha value is -1.16. The average molecular weight is 322 g/mol. The zero-order valence-corrected chi connectivity index (χ0v) is 15.8. The van der Waals surface area contributed by atoms with Gasteiger partial charge in [0, 0.05) is 18.8 Å². The Labute approximate surface area is 141 Å². The largest absolute Gasteiger partial charge is 0.381 e. The third-order valence-electron chi connectivity index (χ3n) is 4.13. The maximum absolute atomic E-state index is 12.6. The van der Waals surface area contributed by atoms with Crippen LogP contribution in [-0.2, 0) is 4.74 Å². The van der Waals surface area contributed by atoms with Crippen LogP contribution >= 0.6 is 0 Å². The lowest BCUT2D eigenvalue weighted by Gasteiger charge is -2.24. The van der Waals surface area contributed by atoms with Crippen LogP contribution in [-0.4, -0.2) is 23.0 Å². The quantitative estimate of drug-likeness (QED) is 0.813. The Morgan fingerprint density at radius 1 is 1.09 bits per heavy atom. The van der Waals surface area contributed by atoms with Crippen LogP contribution in [0.15, 0.2) is 10.9 Å². The first-order chi connectivity index (χ1) is 11.2. The smallest absolute Gasteiger partial charge is 0.270 e. The minimum Gasteiger partial charge on any atom is -0.381 e. The van der Waals surface area contributed by atoms with Crippen LogP contribution in [0, 0.1) is 0 Å². The number of hydrogen-bond donors (Lipinski definition) is 0. The first kappa shape index (κ1) is 19.9. The molecule has 0 amide bonds. The zero-order valence-electron chi connectivity index (χ0n) is 15.8. The van der Waals surface area contributed by atoms with Gasteiger partial charge in [-0.05, 0) is 43.6 Å². The topological polar surface area (TPSA) is 44.1 Å². The van der Waals surface area contributed by atoms with Crippen molar-refractivity contribution < 1.29 is 4.74 Å². The number of ether oxygens (including phenoxy) is 1. The van der Waals surface area contributed by atoms with E-state index >= 15 is 0 Å². The standard InChI is InChI=1S/C15H22N2O2.2C2H6/c1-10(2)14-9-13(11-3-4-11)15(18)17(16-14)12-5-7-19-8-6-12;2*1-2/h9-12H,3-8H2,1-2H3;2*1-2H3. The molecule has 132 valence electrons. The highest BCUT2D eigenvalue weighted by Gasteiger charge is 2.29.